The van der Waals surface area contributed by atoms with Crippen LogP contribution in [0.15, 0.2) is 35.2 Å². The topological polar surface area (TPSA) is 85.5 Å². The Morgan fingerprint density at radius 2 is 2.00 bits per heavy atom. The summed E-state index contributed by atoms with van der Waals surface area (Å²) in [6.07, 6.45) is 2.11. The van der Waals surface area contributed by atoms with Gasteiger partial charge in [0, 0.05) is 24.6 Å². The van der Waals surface area contributed by atoms with Gasteiger partial charge in [0.25, 0.3) is 5.91 Å². The van der Waals surface area contributed by atoms with Gasteiger partial charge in [-0.2, -0.15) is 4.98 Å². The van der Waals surface area contributed by atoms with Gasteiger partial charge < -0.3 is 14.2 Å². The first-order valence-corrected chi connectivity index (χ1v) is 6.93. The zero-order valence-electron chi connectivity index (χ0n) is 12.1. The van der Waals surface area contributed by atoms with Crippen LogP contribution in [0.2, 0.25) is 0 Å². The van der Waals surface area contributed by atoms with Gasteiger partial charge in [-0.1, -0.05) is 5.16 Å². The number of nitrogens with zero attached hydrogens (tertiary/aromatic N) is 3. The summed E-state index contributed by atoms with van der Waals surface area (Å²) >= 11 is 0. The molecule has 0 spiro atoms. The lowest BCUT2D eigenvalue weighted by Gasteiger charge is -2.16. The fourth-order valence-electron chi connectivity index (χ4n) is 2.56. The molecule has 1 fully saturated rings. The number of methoxy groups -OCH3 is 1. The van der Waals surface area contributed by atoms with Crippen molar-refractivity contribution in [3.63, 3.8) is 0 Å². The molecule has 1 aliphatic rings. The summed E-state index contributed by atoms with van der Waals surface area (Å²) in [4.78, 5) is 29.6. The van der Waals surface area contributed by atoms with Crippen LogP contribution >= 0.6 is 0 Å². The molecule has 2 aromatic rings. The maximum absolute atomic E-state index is 12.5. The lowest BCUT2D eigenvalue weighted by molar-refractivity contribution is 0.0600. The molecule has 0 unspecified atom stereocenters. The van der Waals surface area contributed by atoms with Gasteiger partial charge in [0.1, 0.15) is 0 Å². The fourth-order valence-corrected chi connectivity index (χ4v) is 2.56. The number of hydrogen-bond donors (Lipinski definition) is 0. The molecule has 1 saturated heterocycles. The molecule has 1 aliphatic heterocycles. The molecule has 3 rings (SSSR count). The Balaban J connectivity index is 1.68. The van der Waals surface area contributed by atoms with Crippen molar-refractivity contribution in [3.05, 3.63) is 47.6 Å². The number of benzene rings is 1. The van der Waals surface area contributed by atoms with Crippen molar-refractivity contribution >= 4 is 11.9 Å². The lowest BCUT2D eigenvalue weighted by Crippen LogP contribution is -2.28. The first-order valence-electron chi connectivity index (χ1n) is 6.93. The van der Waals surface area contributed by atoms with Crippen LogP contribution in [-0.4, -0.2) is 47.1 Å². The number of esters is 1. The van der Waals surface area contributed by atoms with E-state index >= 15 is 0 Å². The number of ether oxygens (including phenoxy) is 1. The molecular weight excluding hydrogens is 286 g/mol. The molecule has 22 heavy (non-hydrogen) atoms. The molecule has 2 heterocycles. The zero-order chi connectivity index (χ0) is 15.5. The van der Waals surface area contributed by atoms with Crippen LogP contribution in [0.3, 0.4) is 0 Å². The SMILES string of the molecule is COC(=O)c1ccc(C(=O)N2CC[C@H](c3ncon3)C2)cc1. The normalized spacial score (nSPS) is 17.5. The van der Waals surface area contributed by atoms with Crippen molar-refractivity contribution in [1.82, 2.24) is 15.0 Å². The summed E-state index contributed by atoms with van der Waals surface area (Å²) < 4.78 is 9.38. The largest absolute Gasteiger partial charge is 0.465 e. The van der Waals surface area contributed by atoms with Gasteiger partial charge in [0.05, 0.1) is 12.7 Å². The van der Waals surface area contributed by atoms with Gasteiger partial charge in [-0.15, -0.1) is 0 Å². The third-order valence-electron chi connectivity index (χ3n) is 3.77. The van der Waals surface area contributed by atoms with Crippen LogP contribution in [0.1, 0.15) is 38.9 Å². The zero-order valence-corrected chi connectivity index (χ0v) is 12.1. The fraction of sp³-hybridized carbons (Fsp3) is 0.333. The maximum Gasteiger partial charge on any atom is 0.337 e. The molecule has 1 atom stereocenters. The highest BCUT2D eigenvalue weighted by molar-refractivity contribution is 5.96. The number of rotatable bonds is 3. The first kappa shape index (κ1) is 14.2. The molecule has 0 aliphatic carbocycles. The minimum Gasteiger partial charge on any atom is -0.465 e. The standard InChI is InChI=1S/C15H15N3O4/c1-21-15(20)11-4-2-10(3-5-11)14(19)18-7-6-12(8-18)13-16-9-22-17-13/h2-5,9,12H,6-8H2,1H3/t12-/m0/s1. The molecule has 1 amide bonds. The van der Waals surface area contributed by atoms with Gasteiger partial charge >= 0.3 is 5.97 Å². The maximum atomic E-state index is 12.5. The van der Waals surface area contributed by atoms with Crippen LogP contribution in [0.4, 0.5) is 0 Å². The third kappa shape index (κ3) is 2.69. The van der Waals surface area contributed by atoms with E-state index in [1.54, 1.807) is 29.2 Å². The van der Waals surface area contributed by atoms with E-state index in [-0.39, 0.29) is 11.8 Å². The quantitative estimate of drug-likeness (QED) is 0.798. The highest BCUT2D eigenvalue weighted by Crippen LogP contribution is 2.25. The molecule has 7 heteroatoms. The molecule has 0 N–H and O–H groups in total. The van der Waals surface area contributed by atoms with Crippen molar-refractivity contribution < 1.29 is 18.8 Å². The molecule has 1 aromatic carbocycles. The van der Waals surface area contributed by atoms with Gasteiger partial charge in [-0.05, 0) is 30.7 Å². The summed E-state index contributed by atoms with van der Waals surface area (Å²) in [5.74, 6) is 0.258. The van der Waals surface area contributed by atoms with Gasteiger partial charge in [0.2, 0.25) is 6.39 Å². The van der Waals surface area contributed by atoms with E-state index in [1.165, 1.54) is 13.5 Å². The monoisotopic (exact) mass is 301 g/mol. The second-order valence-electron chi connectivity index (χ2n) is 5.10. The second kappa shape index (κ2) is 5.97. The molecule has 7 nitrogen and oxygen atoms in total. The predicted octanol–water partition coefficient (Wildman–Crippen LogP) is 1.49. The second-order valence-corrected chi connectivity index (χ2v) is 5.10. The van der Waals surface area contributed by atoms with Crippen LogP contribution in [0.25, 0.3) is 0 Å². The Kier molecular flexibility index (Phi) is 3.86. The minimum atomic E-state index is -0.419. The number of likely N-dealkylation sites (tertiary alicyclic amines) is 1. The minimum absolute atomic E-state index is 0.0672. The summed E-state index contributed by atoms with van der Waals surface area (Å²) in [6, 6.07) is 6.45. The smallest absolute Gasteiger partial charge is 0.337 e. The van der Waals surface area contributed by atoms with E-state index in [9.17, 15) is 9.59 Å². The van der Waals surface area contributed by atoms with E-state index in [4.69, 9.17) is 4.52 Å². The lowest BCUT2D eigenvalue weighted by atomic mass is 10.1. The molecule has 1 aromatic heterocycles. The van der Waals surface area contributed by atoms with Gasteiger partial charge in [-0.25, -0.2) is 4.79 Å². The van der Waals surface area contributed by atoms with E-state index in [1.807, 2.05) is 0 Å². The van der Waals surface area contributed by atoms with Crippen LogP contribution in [0, 0.1) is 0 Å². The number of aromatic nitrogens is 2. The molecule has 114 valence electrons. The summed E-state index contributed by atoms with van der Waals surface area (Å²) in [5, 5.41) is 3.83. The summed E-state index contributed by atoms with van der Waals surface area (Å²) in [5.41, 5.74) is 0.964. The molecular formula is C15H15N3O4. The van der Waals surface area contributed by atoms with E-state index in [2.05, 4.69) is 14.9 Å². The molecule has 0 bridgehead atoms. The van der Waals surface area contributed by atoms with Crippen LogP contribution < -0.4 is 0 Å². The van der Waals surface area contributed by atoms with Crippen LogP contribution in [0.5, 0.6) is 0 Å². The van der Waals surface area contributed by atoms with Crippen molar-refractivity contribution in [2.75, 3.05) is 20.2 Å². The number of amides is 1. The molecule has 0 saturated carbocycles. The average molecular weight is 301 g/mol. The van der Waals surface area contributed by atoms with E-state index in [0.717, 1.165) is 6.42 Å². The number of carbonyl (C=O) groups is 2. The molecule has 0 radical (unpaired) electrons. The van der Waals surface area contributed by atoms with Gasteiger partial charge in [0.15, 0.2) is 5.82 Å². The van der Waals surface area contributed by atoms with Crippen molar-refractivity contribution in [3.8, 4) is 0 Å². The third-order valence-corrected chi connectivity index (χ3v) is 3.77. The van der Waals surface area contributed by atoms with Crippen molar-refractivity contribution in [2.45, 2.75) is 12.3 Å². The Bertz CT molecular complexity index is 667. The Morgan fingerprint density at radius 3 is 2.64 bits per heavy atom. The van der Waals surface area contributed by atoms with E-state index in [0.29, 0.717) is 30.0 Å². The summed E-state index contributed by atoms with van der Waals surface area (Å²) in [6.45, 7) is 1.22. The predicted molar refractivity (Wildman–Crippen MR) is 75.3 cm³/mol. The van der Waals surface area contributed by atoms with Crippen LogP contribution in [-0.2, 0) is 4.74 Å². The van der Waals surface area contributed by atoms with Gasteiger partial charge in [-0.3, -0.25) is 4.79 Å². The average Bonchev–Trinajstić information content (AvgIpc) is 3.24. The Morgan fingerprint density at radius 1 is 1.27 bits per heavy atom. The number of carbonyl (C=O) groups excluding carboxylic acids is 2. The Labute approximate surface area is 126 Å². The van der Waals surface area contributed by atoms with Crippen molar-refractivity contribution in [2.24, 2.45) is 0 Å². The first-order chi connectivity index (χ1) is 10.7. The Hall–Kier alpha value is -2.70. The number of hydrogen-bond acceptors (Lipinski definition) is 6. The van der Waals surface area contributed by atoms with E-state index < -0.39 is 5.97 Å². The highest BCUT2D eigenvalue weighted by atomic mass is 16.5. The summed E-state index contributed by atoms with van der Waals surface area (Å²) in [7, 11) is 1.32. The highest BCUT2D eigenvalue weighted by Gasteiger charge is 2.30. The van der Waals surface area contributed by atoms with Crippen molar-refractivity contribution in [1.29, 1.82) is 0 Å².